The Kier molecular flexibility index (Phi) is 3.00. The fourth-order valence-corrected chi connectivity index (χ4v) is 1.75. The van der Waals surface area contributed by atoms with Gasteiger partial charge in [-0.1, -0.05) is 0 Å². The van der Waals surface area contributed by atoms with Crippen molar-refractivity contribution in [2.45, 2.75) is 12.5 Å². The molecule has 3 N–H and O–H groups in total. The molecule has 2 heterocycles. The first-order valence-electron chi connectivity index (χ1n) is 5.16. The number of aromatic nitrogens is 2. The highest BCUT2D eigenvalue weighted by Gasteiger charge is 2.24. The first kappa shape index (κ1) is 10.8. The predicted molar refractivity (Wildman–Crippen MR) is 60.7 cm³/mol. The Morgan fingerprint density at radius 2 is 2.50 bits per heavy atom. The Balaban J connectivity index is 2.15. The molecule has 0 radical (unpaired) electrons. The minimum Gasteiger partial charge on any atom is -0.382 e. The molecule has 1 unspecified atom stereocenters. The van der Waals surface area contributed by atoms with E-state index in [1.807, 2.05) is 4.90 Å². The van der Waals surface area contributed by atoms with Crippen LogP contribution in [0.3, 0.4) is 0 Å². The number of methoxy groups -OCH3 is 1. The summed E-state index contributed by atoms with van der Waals surface area (Å²) in [5, 5.41) is 7.32. The van der Waals surface area contributed by atoms with Crippen molar-refractivity contribution < 1.29 is 4.74 Å². The van der Waals surface area contributed by atoms with E-state index in [2.05, 4.69) is 9.97 Å². The number of nitrogen functional groups attached to an aromatic ring is 1. The number of hydrogen-bond acceptors (Lipinski definition) is 5. The van der Waals surface area contributed by atoms with Gasteiger partial charge in [-0.25, -0.2) is 9.97 Å². The van der Waals surface area contributed by atoms with Crippen molar-refractivity contribution >= 4 is 11.8 Å². The Morgan fingerprint density at radius 1 is 1.69 bits per heavy atom. The number of ether oxygens (including phenoxy) is 1. The van der Waals surface area contributed by atoms with Crippen LogP contribution in [0.1, 0.15) is 12.1 Å². The topological polar surface area (TPSA) is 88.1 Å². The molecule has 1 atom stereocenters. The molecule has 2 rings (SSSR count). The zero-order chi connectivity index (χ0) is 11.5. The van der Waals surface area contributed by atoms with Gasteiger partial charge in [-0.3, -0.25) is 5.41 Å². The standard InChI is InChI=1S/C10H15N5O/c1-16-7-3-5-15(6-7)10-13-4-2-8(14-10)9(11)12/h2,4,7H,3,5-6H2,1H3,(H3,11,12). The quantitative estimate of drug-likeness (QED) is 0.553. The lowest BCUT2D eigenvalue weighted by Crippen LogP contribution is -2.25. The summed E-state index contributed by atoms with van der Waals surface area (Å²) in [7, 11) is 1.71. The first-order valence-corrected chi connectivity index (χ1v) is 5.16. The van der Waals surface area contributed by atoms with Gasteiger partial charge in [0, 0.05) is 26.4 Å². The average molecular weight is 221 g/mol. The number of nitrogens with two attached hydrogens (primary N) is 1. The van der Waals surface area contributed by atoms with Crippen molar-refractivity contribution in [3.8, 4) is 0 Å². The van der Waals surface area contributed by atoms with E-state index >= 15 is 0 Å². The van der Waals surface area contributed by atoms with E-state index in [4.69, 9.17) is 15.9 Å². The van der Waals surface area contributed by atoms with Crippen LogP contribution >= 0.6 is 0 Å². The molecule has 1 aliphatic rings. The van der Waals surface area contributed by atoms with Gasteiger partial charge in [-0.2, -0.15) is 0 Å². The van der Waals surface area contributed by atoms with Crippen LogP contribution in [-0.4, -0.2) is 42.1 Å². The summed E-state index contributed by atoms with van der Waals surface area (Å²) in [5.74, 6) is 0.582. The van der Waals surface area contributed by atoms with Crippen LogP contribution in [0.5, 0.6) is 0 Å². The van der Waals surface area contributed by atoms with E-state index in [1.165, 1.54) is 0 Å². The molecule has 1 saturated heterocycles. The van der Waals surface area contributed by atoms with Crippen molar-refractivity contribution in [3.63, 3.8) is 0 Å². The normalized spacial score (nSPS) is 20.1. The maximum Gasteiger partial charge on any atom is 0.226 e. The largest absolute Gasteiger partial charge is 0.382 e. The van der Waals surface area contributed by atoms with Gasteiger partial charge in [-0.05, 0) is 12.5 Å². The Labute approximate surface area is 94.0 Å². The number of rotatable bonds is 3. The highest BCUT2D eigenvalue weighted by atomic mass is 16.5. The van der Waals surface area contributed by atoms with Gasteiger partial charge in [0.2, 0.25) is 5.95 Å². The zero-order valence-corrected chi connectivity index (χ0v) is 9.18. The summed E-state index contributed by atoms with van der Waals surface area (Å²) in [4.78, 5) is 10.5. The summed E-state index contributed by atoms with van der Waals surface area (Å²) in [6, 6.07) is 1.63. The van der Waals surface area contributed by atoms with Gasteiger partial charge in [0.15, 0.2) is 0 Å². The van der Waals surface area contributed by atoms with Gasteiger partial charge in [0.05, 0.1) is 6.10 Å². The van der Waals surface area contributed by atoms with Crippen LogP contribution < -0.4 is 10.6 Å². The second-order valence-electron chi connectivity index (χ2n) is 3.75. The van der Waals surface area contributed by atoms with Crippen LogP contribution in [0.2, 0.25) is 0 Å². The van der Waals surface area contributed by atoms with Crippen LogP contribution in [0.25, 0.3) is 0 Å². The maximum absolute atomic E-state index is 7.32. The molecule has 0 aliphatic carbocycles. The minimum absolute atomic E-state index is 0.0360. The second kappa shape index (κ2) is 4.44. The van der Waals surface area contributed by atoms with E-state index in [1.54, 1.807) is 19.4 Å². The van der Waals surface area contributed by atoms with E-state index in [0.29, 0.717) is 11.6 Å². The lowest BCUT2D eigenvalue weighted by atomic mass is 10.3. The van der Waals surface area contributed by atoms with E-state index < -0.39 is 0 Å². The smallest absolute Gasteiger partial charge is 0.226 e. The molecule has 6 nitrogen and oxygen atoms in total. The Morgan fingerprint density at radius 3 is 3.12 bits per heavy atom. The molecule has 6 heteroatoms. The summed E-state index contributed by atoms with van der Waals surface area (Å²) in [6.45, 7) is 1.66. The van der Waals surface area contributed by atoms with E-state index in [9.17, 15) is 0 Å². The predicted octanol–water partition coefficient (Wildman–Crippen LogP) is -0.0142. The van der Waals surface area contributed by atoms with Crippen molar-refractivity contribution in [3.05, 3.63) is 18.0 Å². The number of amidine groups is 1. The lowest BCUT2D eigenvalue weighted by Gasteiger charge is -2.16. The Hall–Kier alpha value is -1.69. The molecule has 0 bridgehead atoms. The molecule has 0 spiro atoms. The molecule has 1 fully saturated rings. The third-order valence-electron chi connectivity index (χ3n) is 2.68. The SMILES string of the molecule is COC1CCN(c2nccc(C(=N)N)n2)C1. The third kappa shape index (κ3) is 2.11. The molecule has 0 saturated carbocycles. The molecule has 0 aromatic carbocycles. The van der Waals surface area contributed by atoms with Gasteiger partial charge < -0.3 is 15.4 Å². The summed E-state index contributed by atoms with van der Waals surface area (Å²) >= 11 is 0. The minimum atomic E-state index is -0.0360. The maximum atomic E-state index is 7.32. The summed E-state index contributed by atoms with van der Waals surface area (Å²) in [5.41, 5.74) is 5.85. The highest BCUT2D eigenvalue weighted by Crippen LogP contribution is 2.17. The van der Waals surface area contributed by atoms with Gasteiger partial charge in [-0.15, -0.1) is 0 Å². The Bertz CT molecular complexity index is 395. The number of hydrogen-bond donors (Lipinski definition) is 2. The molecular weight excluding hydrogens is 206 g/mol. The van der Waals surface area contributed by atoms with Crippen LogP contribution in [0, 0.1) is 5.41 Å². The monoisotopic (exact) mass is 221 g/mol. The molecule has 1 aromatic rings. The van der Waals surface area contributed by atoms with Crippen LogP contribution in [-0.2, 0) is 4.74 Å². The van der Waals surface area contributed by atoms with Crippen LogP contribution in [0.4, 0.5) is 5.95 Å². The molecule has 16 heavy (non-hydrogen) atoms. The summed E-state index contributed by atoms with van der Waals surface area (Å²) in [6.07, 6.45) is 2.84. The van der Waals surface area contributed by atoms with E-state index in [-0.39, 0.29) is 11.9 Å². The number of anilines is 1. The lowest BCUT2D eigenvalue weighted by molar-refractivity contribution is 0.121. The second-order valence-corrected chi connectivity index (χ2v) is 3.75. The first-order chi connectivity index (χ1) is 7.70. The number of nitrogens with one attached hydrogen (secondary N) is 1. The van der Waals surface area contributed by atoms with Crippen molar-refractivity contribution in [1.82, 2.24) is 9.97 Å². The van der Waals surface area contributed by atoms with Crippen molar-refractivity contribution in [2.75, 3.05) is 25.1 Å². The number of nitrogens with zero attached hydrogens (tertiary/aromatic N) is 3. The zero-order valence-electron chi connectivity index (χ0n) is 9.18. The molecule has 1 aliphatic heterocycles. The van der Waals surface area contributed by atoms with Gasteiger partial charge in [0.1, 0.15) is 11.5 Å². The van der Waals surface area contributed by atoms with Gasteiger partial charge in [0.25, 0.3) is 0 Å². The molecule has 1 aromatic heterocycles. The fraction of sp³-hybridized carbons (Fsp3) is 0.500. The van der Waals surface area contributed by atoms with E-state index in [0.717, 1.165) is 19.5 Å². The fourth-order valence-electron chi connectivity index (χ4n) is 1.75. The molecule has 0 amide bonds. The molecular formula is C10H15N5O. The highest BCUT2D eigenvalue weighted by molar-refractivity contribution is 5.93. The van der Waals surface area contributed by atoms with Crippen molar-refractivity contribution in [1.29, 1.82) is 5.41 Å². The van der Waals surface area contributed by atoms with Gasteiger partial charge >= 0.3 is 0 Å². The molecule has 86 valence electrons. The van der Waals surface area contributed by atoms with Crippen LogP contribution in [0.15, 0.2) is 12.3 Å². The average Bonchev–Trinajstić information content (AvgIpc) is 2.77. The van der Waals surface area contributed by atoms with Crippen molar-refractivity contribution in [2.24, 2.45) is 5.73 Å². The summed E-state index contributed by atoms with van der Waals surface area (Å²) < 4.78 is 5.28. The third-order valence-corrected chi connectivity index (χ3v) is 2.68.